The molecule has 38 heavy (non-hydrogen) atoms. The topological polar surface area (TPSA) is 117 Å². The number of benzene rings is 1. The number of nitrogens with zero attached hydrogens (tertiary/aromatic N) is 6. The number of carbonyl (C=O) groups is 2. The average molecular weight is 534 g/mol. The van der Waals surface area contributed by atoms with Crippen molar-refractivity contribution in [3.63, 3.8) is 0 Å². The molecule has 0 spiro atoms. The zero-order chi connectivity index (χ0) is 26.7. The molecule has 2 saturated carbocycles. The average Bonchev–Trinajstić information content (AvgIpc) is 3.33. The highest BCUT2D eigenvalue weighted by molar-refractivity contribution is 6.30. The predicted octanol–water partition coefficient (Wildman–Crippen LogP) is 3.91. The molecule has 3 fully saturated rings. The second-order valence-corrected chi connectivity index (χ2v) is 10.9. The number of aromatic nitrogens is 4. The first-order valence-electron chi connectivity index (χ1n) is 12.6. The Labute approximate surface area is 223 Å². The minimum absolute atomic E-state index is 0.0208. The number of piperidine rings is 1. The first kappa shape index (κ1) is 24.5. The molecule has 3 aromatic rings. The normalized spacial score (nSPS) is 24.4. The van der Waals surface area contributed by atoms with Crippen LogP contribution in [0, 0.1) is 35.9 Å². The maximum atomic E-state index is 15.3. The largest absolute Gasteiger partial charge is 0.348 e. The van der Waals surface area contributed by atoms with E-state index in [2.05, 4.69) is 26.7 Å². The smallest absolute Gasteiger partial charge is 0.273 e. The monoisotopic (exact) mass is 533 g/mol. The zero-order valence-electron chi connectivity index (χ0n) is 20.9. The Morgan fingerprint density at radius 3 is 2.82 bits per heavy atom. The van der Waals surface area contributed by atoms with Gasteiger partial charge in [-0.3, -0.25) is 14.5 Å². The number of hydrogen-bond donors (Lipinski definition) is 1. The van der Waals surface area contributed by atoms with Crippen molar-refractivity contribution in [1.29, 1.82) is 5.26 Å². The summed E-state index contributed by atoms with van der Waals surface area (Å²) in [5.41, 5.74) is 2.63. The highest BCUT2D eigenvalue weighted by Gasteiger charge is 2.53. The van der Waals surface area contributed by atoms with Crippen LogP contribution in [0.4, 0.5) is 10.2 Å². The van der Waals surface area contributed by atoms with Gasteiger partial charge in [-0.25, -0.2) is 14.1 Å². The third-order valence-corrected chi connectivity index (χ3v) is 8.34. The van der Waals surface area contributed by atoms with Crippen LogP contribution >= 0.6 is 11.6 Å². The molecule has 3 heterocycles. The molecular formula is C27H25ClFN7O2. The molecule has 11 heteroatoms. The summed E-state index contributed by atoms with van der Waals surface area (Å²) in [4.78, 5) is 30.9. The summed E-state index contributed by atoms with van der Waals surface area (Å²) < 4.78 is 16.8. The van der Waals surface area contributed by atoms with Crippen LogP contribution in [0.1, 0.15) is 70.9 Å². The SMILES string of the molecule is Cc1c([C@H](C)n2cc(C(=O)NC3CC(c4cc(Cl)ccc4C#N)C3)nn2)cnc(N2C[C@H]3C[C@H]3C2=O)c1F. The van der Waals surface area contributed by atoms with Gasteiger partial charge in [0.2, 0.25) is 5.91 Å². The number of halogens is 2. The number of amides is 2. The molecule has 0 unspecified atom stereocenters. The van der Waals surface area contributed by atoms with Gasteiger partial charge in [-0.05, 0) is 74.3 Å². The van der Waals surface area contributed by atoms with E-state index < -0.39 is 11.9 Å². The van der Waals surface area contributed by atoms with Gasteiger partial charge in [0.15, 0.2) is 17.3 Å². The third kappa shape index (κ3) is 4.11. The van der Waals surface area contributed by atoms with Crippen molar-refractivity contribution < 1.29 is 14.0 Å². The number of anilines is 1. The maximum absolute atomic E-state index is 15.3. The summed E-state index contributed by atoms with van der Waals surface area (Å²) in [5, 5.41) is 21.0. The molecule has 9 nitrogen and oxygen atoms in total. The molecule has 0 radical (unpaired) electrons. The van der Waals surface area contributed by atoms with E-state index >= 15 is 4.39 Å². The molecule has 2 aromatic heterocycles. The summed E-state index contributed by atoms with van der Waals surface area (Å²) in [6.45, 7) is 4.00. The zero-order valence-corrected chi connectivity index (χ0v) is 21.6. The van der Waals surface area contributed by atoms with Gasteiger partial charge in [0.25, 0.3) is 5.91 Å². The van der Waals surface area contributed by atoms with Crippen LogP contribution in [-0.2, 0) is 4.79 Å². The summed E-state index contributed by atoms with van der Waals surface area (Å²) in [7, 11) is 0. The molecule has 3 atom stereocenters. The predicted molar refractivity (Wildman–Crippen MR) is 136 cm³/mol. The molecule has 1 aliphatic heterocycles. The molecule has 1 aromatic carbocycles. The van der Waals surface area contributed by atoms with Crippen LogP contribution in [0.15, 0.2) is 30.6 Å². The molecule has 1 N–H and O–H groups in total. The lowest BCUT2D eigenvalue weighted by atomic mass is 9.74. The quantitative estimate of drug-likeness (QED) is 0.513. The van der Waals surface area contributed by atoms with Crippen LogP contribution in [0.3, 0.4) is 0 Å². The minimum atomic E-state index is -0.513. The van der Waals surface area contributed by atoms with Crippen LogP contribution in [0.2, 0.25) is 5.02 Å². The van der Waals surface area contributed by atoms with Crippen molar-refractivity contribution in [2.45, 2.75) is 51.1 Å². The molecular weight excluding hydrogens is 509 g/mol. The van der Waals surface area contributed by atoms with Crippen LogP contribution < -0.4 is 10.2 Å². The number of carbonyl (C=O) groups excluding carboxylic acids is 2. The van der Waals surface area contributed by atoms with Crippen molar-refractivity contribution in [3.05, 3.63) is 69.4 Å². The fourth-order valence-corrected chi connectivity index (χ4v) is 5.77. The first-order chi connectivity index (χ1) is 18.2. The lowest BCUT2D eigenvalue weighted by Gasteiger charge is -2.36. The highest BCUT2D eigenvalue weighted by Crippen LogP contribution is 2.47. The van der Waals surface area contributed by atoms with Gasteiger partial charge < -0.3 is 5.32 Å². The second-order valence-electron chi connectivity index (χ2n) is 10.5. The molecule has 0 bridgehead atoms. The van der Waals surface area contributed by atoms with Gasteiger partial charge in [-0.2, -0.15) is 5.26 Å². The van der Waals surface area contributed by atoms with E-state index in [1.54, 1.807) is 25.3 Å². The molecule has 6 rings (SSSR count). The van der Waals surface area contributed by atoms with Gasteiger partial charge in [0.1, 0.15) is 0 Å². The lowest BCUT2D eigenvalue weighted by molar-refractivity contribution is -0.118. The number of rotatable bonds is 6. The van der Waals surface area contributed by atoms with E-state index in [4.69, 9.17) is 11.6 Å². The number of hydrogen-bond acceptors (Lipinski definition) is 6. The molecule has 194 valence electrons. The number of nitriles is 1. The van der Waals surface area contributed by atoms with E-state index in [0.717, 1.165) is 12.0 Å². The van der Waals surface area contributed by atoms with Crippen molar-refractivity contribution in [1.82, 2.24) is 25.3 Å². The van der Waals surface area contributed by atoms with Crippen LogP contribution in [0.5, 0.6) is 0 Å². The van der Waals surface area contributed by atoms with Crippen molar-refractivity contribution in [3.8, 4) is 6.07 Å². The Balaban J connectivity index is 1.11. The number of nitrogens with one attached hydrogen (secondary N) is 1. The van der Waals surface area contributed by atoms with Crippen molar-refractivity contribution >= 4 is 29.2 Å². The summed E-state index contributed by atoms with van der Waals surface area (Å²) in [6.07, 6.45) is 5.38. The fourth-order valence-electron chi connectivity index (χ4n) is 5.59. The standard InChI is InChI=1S/C27H25ClFN7O2/c1-13-22(10-31-25(24(13)29)35-11-17-7-21(17)27(35)38)14(2)36-12-23(33-34-36)26(37)32-19-5-16(6-19)20-8-18(28)4-3-15(20)9-30/h3-4,8,10,12,14,16-17,19,21H,5-7,11H2,1-2H3,(H,32,37)/t14-,16?,17+,19?,21+/m0/s1. The van der Waals surface area contributed by atoms with Crippen LogP contribution in [-0.4, -0.2) is 44.4 Å². The van der Waals surface area contributed by atoms with Crippen molar-refractivity contribution in [2.24, 2.45) is 11.8 Å². The molecule has 2 aliphatic carbocycles. The highest BCUT2D eigenvalue weighted by atomic mass is 35.5. The molecule has 3 aliphatic rings. The van der Waals surface area contributed by atoms with E-state index in [9.17, 15) is 14.9 Å². The second kappa shape index (κ2) is 9.17. The summed E-state index contributed by atoms with van der Waals surface area (Å²) in [6, 6.07) is 6.95. The summed E-state index contributed by atoms with van der Waals surface area (Å²) >= 11 is 6.10. The Kier molecular flexibility index (Phi) is 5.91. The van der Waals surface area contributed by atoms with E-state index in [-0.39, 0.29) is 41.2 Å². The Bertz CT molecular complexity index is 1510. The van der Waals surface area contributed by atoms with Crippen LogP contribution in [0.25, 0.3) is 0 Å². The lowest BCUT2D eigenvalue weighted by Crippen LogP contribution is -2.43. The van der Waals surface area contributed by atoms with E-state index in [0.29, 0.717) is 47.0 Å². The maximum Gasteiger partial charge on any atom is 0.273 e. The first-order valence-corrected chi connectivity index (χ1v) is 13.0. The Hall–Kier alpha value is -3.84. The summed E-state index contributed by atoms with van der Waals surface area (Å²) in [5.74, 6) is -0.342. The van der Waals surface area contributed by atoms with Gasteiger partial charge >= 0.3 is 0 Å². The Morgan fingerprint density at radius 2 is 2.11 bits per heavy atom. The minimum Gasteiger partial charge on any atom is -0.348 e. The van der Waals surface area contributed by atoms with Gasteiger partial charge in [0, 0.05) is 35.3 Å². The van der Waals surface area contributed by atoms with Gasteiger partial charge in [-0.1, -0.05) is 16.8 Å². The van der Waals surface area contributed by atoms with E-state index in [1.165, 1.54) is 15.8 Å². The van der Waals surface area contributed by atoms with Gasteiger partial charge in [0.05, 0.1) is 23.9 Å². The molecule has 2 amide bonds. The number of pyridine rings is 1. The Morgan fingerprint density at radius 1 is 1.32 bits per heavy atom. The molecule has 1 saturated heterocycles. The number of fused-ring (bicyclic) bond motifs is 1. The van der Waals surface area contributed by atoms with Gasteiger partial charge in [-0.15, -0.1) is 5.10 Å². The van der Waals surface area contributed by atoms with Crippen molar-refractivity contribution in [2.75, 3.05) is 11.4 Å². The fraction of sp³-hybridized carbons (Fsp3) is 0.407. The third-order valence-electron chi connectivity index (χ3n) is 8.10. The van der Waals surface area contributed by atoms with E-state index in [1.807, 2.05) is 13.0 Å².